The number of carbonyl (C=O) groups excluding carboxylic acids is 2. The summed E-state index contributed by atoms with van der Waals surface area (Å²) in [5.41, 5.74) is 6.89. The molecular weight excluding hydrogens is 464 g/mol. The lowest BCUT2D eigenvalue weighted by atomic mass is 10.0. The van der Waals surface area contributed by atoms with Crippen molar-refractivity contribution >= 4 is 23.6 Å². The van der Waals surface area contributed by atoms with Gasteiger partial charge in [-0.3, -0.25) is 9.59 Å². The Morgan fingerprint density at radius 1 is 0.833 bits per heavy atom. The van der Waals surface area contributed by atoms with Gasteiger partial charge in [-0.05, 0) is 43.9 Å². The number of hydrogen-bond acceptors (Lipinski definition) is 3. The Balaban J connectivity index is 1.83. The molecule has 0 heterocycles. The highest BCUT2D eigenvalue weighted by Gasteiger charge is 2.30. The fourth-order valence-electron chi connectivity index (χ4n) is 4.42. The lowest BCUT2D eigenvalue weighted by Gasteiger charge is -2.31. The summed E-state index contributed by atoms with van der Waals surface area (Å²) < 4.78 is 0. The van der Waals surface area contributed by atoms with E-state index in [1.54, 1.807) is 16.7 Å². The molecular formula is C31H38N2O2S. The Morgan fingerprint density at radius 3 is 2.17 bits per heavy atom. The average molecular weight is 503 g/mol. The molecule has 1 N–H and O–H groups in total. The van der Waals surface area contributed by atoms with Crippen molar-refractivity contribution in [1.82, 2.24) is 10.2 Å². The van der Waals surface area contributed by atoms with Gasteiger partial charge in [0.25, 0.3) is 0 Å². The van der Waals surface area contributed by atoms with E-state index < -0.39 is 6.04 Å². The Kier molecular flexibility index (Phi) is 10.6. The molecule has 0 saturated carbocycles. The van der Waals surface area contributed by atoms with Crippen LogP contribution in [0.5, 0.6) is 0 Å². The Labute approximate surface area is 220 Å². The van der Waals surface area contributed by atoms with Gasteiger partial charge in [-0.2, -0.15) is 0 Å². The maximum absolute atomic E-state index is 13.7. The van der Waals surface area contributed by atoms with Gasteiger partial charge in [-0.25, -0.2) is 0 Å². The van der Waals surface area contributed by atoms with E-state index in [2.05, 4.69) is 43.4 Å². The molecule has 1 atom stereocenters. The molecule has 36 heavy (non-hydrogen) atoms. The minimum Gasteiger partial charge on any atom is -0.354 e. The van der Waals surface area contributed by atoms with Gasteiger partial charge in [-0.15, -0.1) is 11.8 Å². The first kappa shape index (κ1) is 27.5. The smallest absolute Gasteiger partial charge is 0.243 e. The summed E-state index contributed by atoms with van der Waals surface area (Å²) in [4.78, 5) is 28.8. The number of rotatable bonds is 12. The van der Waals surface area contributed by atoms with Crippen LogP contribution in [-0.4, -0.2) is 35.1 Å². The summed E-state index contributed by atoms with van der Waals surface area (Å²) in [6.45, 7) is 9.27. The number of amides is 2. The van der Waals surface area contributed by atoms with E-state index in [-0.39, 0.29) is 11.8 Å². The second-order valence-corrected chi connectivity index (χ2v) is 10.5. The lowest BCUT2D eigenvalue weighted by molar-refractivity contribution is -0.139. The normalized spacial score (nSPS) is 11.7. The zero-order valence-electron chi connectivity index (χ0n) is 21.9. The molecule has 3 aromatic rings. The second kappa shape index (κ2) is 13.9. The van der Waals surface area contributed by atoms with Gasteiger partial charge in [0.15, 0.2) is 0 Å². The van der Waals surface area contributed by atoms with Crippen molar-refractivity contribution in [3.63, 3.8) is 0 Å². The van der Waals surface area contributed by atoms with Crippen LogP contribution in [0.2, 0.25) is 0 Å². The number of benzene rings is 3. The topological polar surface area (TPSA) is 49.4 Å². The largest absolute Gasteiger partial charge is 0.354 e. The summed E-state index contributed by atoms with van der Waals surface area (Å²) >= 11 is 1.60. The zero-order valence-corrected chi connectivity index (χ0v) is 22.7. The van der Waals surface area contributed by atoms with Crippen molar-refractivity contribution in [2.24, 2.45) is 0 Å². The van der Waals surface area contributed by atoms with E-state index in [4.69, 9.17) is 0 Å². The molecule has 0 aliphatic heterocycles. The third-order valence-electron chi connectivity index (χ3n) is 6.03. The quantitative estimate of drug-likeness (QED) is 0.330. The predicted molar refractivity (Wildman–Crippen MR) is 151 cm³/mol. The molecule has 0 spiro atoms. The molecule has 0 aliphatic carbocycles. The highest BCUT2D eigenvalue weighted by Crippen LogP contribution is 2.20. The van der Waals surface area contributed by atoms with Crippen molar-refractivity contribution in [1.29, 1.82) is 0 Å². The first-order chi connectivity index (χ1) is 17.4. The molecule has 2 amide bonds. The van der Waals surface area contributed by atoms with Crippen LogP contribution in [0.3, 0.4) is 0 Å². The van der Waals surface area contributed by atoms with Crippen molar-refractivity contribution in [2.45, 2.75) is 58.9 Å². The molecule has 0 radical (unpaired) electrons. The highest BCUT2D eigenvalue weighted by atomic mass is 32.2. The number of nitrogens with one attached hydrogen (secondary N) is 1. The van der Waals surface area contributed by atoms with Gasteiger partial charge >= 0.3 is 0 Å². The van der Waals surface area contributed by atoms with Crippen molar-refractivity contribution in [3.05, 3.63) is 106 Å². The molecule has 4 nitrogen and oxygen atoms in total. The summed E-state index contributed by atoms with van der Waals surface area (Å²) in [6.07, 6.45) is 1.33. The van der Waals surface area contributed by atoms with Crippen LogP contribution in [0.25, 0.3) is 0 Å². The first-order valence-corrected chi connectivity index (χ1v) is 13.8. The summed E-state index contributed by atoms with van der Waals surface area (Å²) in [6, 6.07) is 24.0. The number of thioether (sulfide) groups is 1. The van der Waals surface area contributed by atoms with Crippen LogP contribution < -0.4 is 5.32 Å². The Bertz CT molecular complexity index is 1130. The molecule has 5 heteroatoms. The standard InChI is InChI=1S/C31H38N2O2S/c1-5-14-32-31(35)29(19-26-11-7-6-8-12-26)33(20-27-13-9-10-23(2)16-27)30(34)22-36-21-28-17-24(3)15-25(4)18-28/h6-13,15-18,29H,5,14,19-22H2,1-4H3,(H,32,35)/t29-/m1/s1. The van der Waals surface area contributed by atoms with Crippen molar-refractivity contribution in [3.8, 4) is 0 Å². The van der Waals surface area contributed by atoms with E-state index in [0.29, 0.717) is 25.3 Å². The van der Waals surface area contributed by atoms with Crippen LogP contribution in [0.4, 0.5) is 0 Å². The Morgan fingerprint density at radius 2 is 1.50 bits per heavy atom. The van der Waals surface area contributed by atoms with Crippen molar-refractivity contribution in [2.75, 3.05) is 12.3 Å². The SMILES string of the molecule is CCCNC(=O)[C@@H](Cc1ccccc1)N(Cc1cccc(C)c1)C(=O)CSCc1cc(C)cc(C)c1. The second-order valence-electron chi connectivity index (χ2n) is 9.50. The molecule has 0 bridgehead atoms. The number of aryl methyl sites for hydroxylation is 3. The first-order valence-electron chi connectivity index (χ1n) is 12.7. The van der Waals surface area contributed by atoms with E-state index in [0.717, 1.165) is 28.9 Å². The minimum atomic E-state index is -0.575. The minimum absolute atomic E-state index is 0.0153. The Hall–Kier alpha value is -3.05. The van der Waals surface area contributed by atoms with E-state index >= 15 is 0 Å². The van der Waals surface area contributed by atoms with E-state index in [1.807, 2.05) is 62.4 Å². The van der Waals surface area contributed by atoms with Crippen LogP contribution in [0, 0.1) is 20.8 Å². The molecule has 0 saturated heterocycles. The fraction of sp³-hybridized carbons (Fsp3) is 0.355. The maximum atomic E-state index is 13.7. The number of carbonyl (C=O) groups is 2. The molecule has 190 valence electrons. The van der Waals surface area contributed by atoms with Gasteiger partial charge in [0, 0.05) is 25.3 Å². The van der Waals surface area contributed by atoms with Crippen molar-refractivity contribution < 1.29 is 9.59 Å². The monoisotopic (exact) mass is 502 g/mol. The fourth-order valence-corrected chi connectivity index (χ4v) is 5.26. The lowest BCUT2D eigenvalue weighted by Crippen LogP contribution is -2.51. The molecule has 0 aromatic heterocycles. The van der Waals surface area contributed by atoms with E-state index in [1.165, 1.54) is 16.7 Å². The van der Waals surface area contributed by atoms with E-state index in [9.17, 15) is 9.59 Å². The number of nitrogens with zero attached hydrogens (tertiary/aromatic N) is 1. The van der Waals surface area contributed by atoms with Crippen LogP contribution in [0.1, 0.15) is 46.7 Å². The maximum Gasteiger partial charge on any atom is 0.243 e. The molecule has 3 aromatic carbocycles. The van der Waals surface area contributed by atoms with Gasteiger partial charge in [0.2, 0.25) is 11.8 Å². The molecule has 0 fully saturated rings. The third-order valence-corrected chi connectivity index (χ3v) is 7.02. The molecule has 0 unspecified atom stereocenters. The van der Waals surface area contributed by atoms with Gasteiger partial charge in [0.05, 0.1) is 5.75 Å². The summed E-state index contributed by atoms with van der Waals surface area (Å²) in [7, 11) is 0. The molecule has 3 rings (SSSR count). The third kappa shape index (κ3) is 8.56. The molecule has 0 aliphatic rings. The zero-order chi connectivity index (χ0) is 25.9. The van der Waals surface area contributed by atoms with Gasteiger partial charge < -0.3 is 10.2 Å². The highest BCUT2D eigenvalue weighted by molar-refractivity contribution is 7.99. The summed E-state index contributed by atoms with van der Waals surface area (Å²) in [5.74, 6) is 0.975. The summed E-state index contributed by atoms with van der Waals surface area (Å²) in [5, 5.41) is 3.04. The van der Waals surface area contributed by atoms with Crippen LogP contribution in [0.15, 0.2) is 72.8 Å². The van der Waals surface area contributed by atoms with Gasteiger partial charge in [0.1, 0.15) is 6.04 Å². The predicted octanol–water partition coefficient (Wildman–Crippen LogP) is 6.01. The average Bonchev–Trinajstić information content (AvgIpc) is 2.84. The number of hydrogen-bond donors (Lipinski definition) is 1. The van der Waals surface area contributed by atoms with Crippen LogP contribution >= 0.6 is 11.8 Å². The van der Waals surface area contributed by atoms with Crippen LogP contribution in [-0.2, 0) is 28.3 Å². The van der Waals surface area contributed by atoms with Gasteiger partial charge in [-0.1, -0.05) is 96.4 Å².